The fourth-order valence-corrected chi connectivity index (χ4v) is 13.7. The fourth-order valence-electron chi connectivity index (χ4n) is 13.7. The number of anilines is 2. The van der Waals surface area contributed by atoms with Crippen molar-refractivity contribution >= 4 is 51.4 Å². The van der Waals surface area contributed by atoms with Crippen LogP contribution in [-0.2, 0) is 32.5 Å². The number of nitrogens with one attached hydrogen (secondary N) is 1. The summed E-state index contributed by atoms with van der Waals surface area (Å²) in [4.78, 5) is 0. The zero-order valence-electron chi connectivity index (χ0n) is 45.2. The summed E-state index contributed by atoms with van der Waals surface area (Å²) in [5.41, 5.74) is 31.1. The van der Waals surface area contributed by atoms with Gasteiger partial charge in [-0.2, -0.15) is 0 Å². The molecule has 0 amide bonds. The van der Waals surface area contributed by atoms with E-state index in [1.165, 1.54) is 133 Å². The number of aromatic nitrogens is 1. The Morgan fingerprint density at radius 2 is 0.986 bits per heavy atom. The average Bonchev–Trinajstić information content (AvgIpc) is 3.94. The van der Waals surface area contributed by atoms with Gasteiger partial charge >= 0.3 is 0 Å². The van der Waals surface area contributed by atoms with Gasteiger partial charge in [0.1, 0.15) is 0 Å². The predicted molar refractivity (Wildman–Crippen MR) is 310 cm³/mol. The van der Waals surface area contributed by atoms with Crippen LogP contribution in [-0.4, -0.2) is 11.8 Å². The molecule has 13 rings (SSSR count). The molecule has 2 nitrogen and oxygen atoms in total. The predicted octanol–water partition coefficient (Wildman–Crippen LogP) is 17.0. The van der Waals surface area contributed by atoms with Crippen molar-refractivity contribution in [2.75, 3.05) is 5.32 Å². The Morgan fingerprint density at radius 3 is 1.67 bits per heavy atom. The molecule has 0 saturated carbocycles. The standard InChI is InChI=1S/C69H68BN2/c1-64(2,3)38-24-28-41(29-25-38)71-55-37-53-45(43-30-26-40(66(7,8)9)33-51(43)68(53,12)13)34-47(55)60-61-58(44-21-17-19-23-50(44)69(61,14)15)59-48-32-39(65(4,5)6)27-31-56(48)72-57-35-46-42-20-16-18-22-49(42)67(10,11)52(46)36-54(57)70-62(60)63(59)72/h16-37,71H,1-15H3. The second-order valence-electron chi connectivity index (χ2n) is 26.6. The van der Waals surface area contributed by atoms with Crippen LogP contribution in [0.1, 0.15) is 154 Å². The van der Waals surface area contributed by atoms with Crippen LogP contribution in [0.2, 0.25) is 0 Å². The molecule has 1 radical (unpaired) electrons. The summed E-state index contributed by atoms with van der Waals surface area (Å²) >= 11 is 0. The second-order valence-corrected chi connectivity index (χ2v) is 26.6. The molecule has 72 heavy (non-hydrogen) atoms. The lowest BCUT2D eigenvalue weighted by Gasteiger charge is -2.32. The zero-order valence-corrected chi connectivity index (χ0v) is 45.2. The summed E-state index contributed by atoms with van der Waals surface area (Å²) in [6.07, 6.45) is 0. The van der Waals surface area contributed by atoms with E-state index in [0.717, 1.165) is 11.4 Å². The van der Waals surface area contributed by atoms with Gasteiger partial charge in [0.15, 0.2) is 7.28 Å². The van der Waals surface area contributed by atoms with E-state index in [9.17, 15) is 0 Å². The number of benzene rings is 8. The minimum atomic E-state index is -0.318. The maximum absolute atomic E-state index is 4.16. The Balaban J connectivity index is 1.19. The van der Waals surface area contributed by atoms with E-state index in [0.29, 0.717) is 0 Å². The van der Waals surface area contributed by atoms with Crippen LogP contribution in [0.3, 0.4) is 0 Å². The highest BCUT2D eigenvalue weighted by atomic mass is 15.0. The van der Waals surface area contributed by atoms with Crippen molar-refractivity contribution in [3.05, 3.63) is 184 Å². The van der Waals surface area contributed by atoms with Crippen LogP contribution in [0.25, 0.3) is 72.0 Å². The molecular formula is C69H68BN2. The fraction of sp³-hybridized carbons (Fsp3) is 0.304. The van der Waals surface area contributed by atoms with Crippen LogP contribution >= 0.6 is 0 Å². The molecule has 9 aromatic rings. The molecule has 357 valence electrons. The number of hydrogen-bond acceptors (Lipinski definition) is 1. The van der Waals surface area contributed by atoms with Gasteiger partial charge < -0.3 is 9.88 Å². The molecular weight excluding hydrogens is 868 g/mol. The maximum Gasteiger partial charge on any atom is 0.197 e. The number of hydrogen-bond donors (Lipinski definition) is 1. The van der Waals surface area contributed by atoms with E-state index in [4.69, 9.17) is 0 Å². The summed E-state index contributed by atoms with van der Waals surface area (Å²) in [5.74, 6) is 0. The molecule has 0 bridgehead atoms. The monoisotopic (exact) mass is 936 g/mol. The highest BCUT2D eigenvalue weighted by molar-refractivity contribution is 6.74. The van der Waals surface area contributed by atoms with Crippen molar-refractivity contribution in [1.82, 2.24) is 4.57 Å². The quantitative estimate of drug-likeness (QED) is 0.175. The molecule has 3 aliphatic carbocycles. The first-order chi connectivity index (χ1) is 33.9. The average molecular weight is 936 g/mol. The van der Waals surface area contributed by atoms with E-state index in [2.05, 4.69) is 254 Å². The third kappa shape index (κ3) is 6.09. The van der Waals surface area contributed by atoms with E-state index in [1.54, 1.807) is 0 Å². The van der Waals surface area contributed by atoms with Crippen LogP contribution in [0.5, 0.6) is 0 Å². The third-order valence-corrected chi connectivity index (χ3v) is 17.9. The van der Waals surface area contributed by atoms with Crippen molar-refractivity contribution in [1.29, 1.82) is 0 Å². The summed E-state index contributed by atoms with van der Waals surface area (Å²) in [7, 11) is 2.60. The number of rotatable bonds is 3. The molecule has 0 fully saturated rings. The van der Waals surface area contributed by atoms with Crippen LogP contribution < -0.4 is 16.2 Å². The smallest absolute Gasteiger partial charge is 0.197 e. The van der Waals surface area contributed by atoms with Gasteiger partial charge in [0.2, 0.25) is 0 Å². The SMILES string of the molecule is CC(C)(C)c1ccc(Nc2cc3c(cc2-c2c4c(c5c6cc(C(C)(C)C)ccc6n6c5c2[B]c2cc5c(cc2-6)-c2ccccc2C5(C)C)-c2ccccc2C4(C)C)-c2ccc(C(C)(C)C)cc2C3(C)C)cc1. The second kappa shape index (κ2) is 14.3. The third-order valence-electron chi connectivity index (χ3n) is 17.9. The molecule has 0 saturated heterocycles. The van der Waals surface area contributed by atoms with Crippen molar-refractivity contribution in [3.63, 3.8) is 0 Å². The molecule has 8 aromatic carbocycles. The summed E-state index contributed by atoms with van der Waals surface area (Å²) < 4.78 is 2.67. The van der Waals surface area contributed by atoms with E-state index >= 15 is 0 Å². The van der Waals surface area contributed by atoms with E-state index in [-0.39, 0.29) is 32.5 Å². The largest absolute Gasteiger partial charge is 0.355 e. The Morgan fingerprint density at radius 1 is 0.444 bits per heavy atom. The van der Waals surface area contributed by atoms with Crippen molar-refractivity contribution in [3.8, 4) is 50.2 Å². The molecule has 0 spiro atoms. The highest BCUT2D eigenvalue weighted by Crippen LogP contribution is 2.60. The lowest BCUT2D eigenvalue weighted by Crippen LogP contribution is -2.39. The Bertz CT molecular complexity index is 3860. The Kier molecular flexibility index (Phi) is 9.02. The minimum absolute atomic E-state index is 0.0279. The van der Waals surface area contributed by atoms with Gasteiger partial charge in [0.25, 0.3) is 0 Å². The minimum Gasteiger partial charge on any atom is -0.355 e. The molecule has 1 aliphatic heterocycles. The van der Waals surface area contributed by atoms with Gasteiger partial charge in [-0.3, -0.25) is 0 Å². The first-order valence-corrected chi connectivity index (χ1v) is 26.5. The molecule has 2 heterocycles. The van der Waals surface area contributed by atoms with Gasteiger partial charge in [0, 0.05) is 55.2 Å². The van der Waals surface area contributed by atoms with Crippen LogP contribution in [0, 0.1) is 0 Å². The van der Waals surface area contributed by atoms with Crippen LogP contribution in [0.15, 0.2) is 133 Å². The first-order valence-electron chi connectivity index (χ1n) is 26.5. The van der Waals surface area contributed by atoms with Gasteiger partial charge in [-0.05, 0) is 153 Å². The molecule has 1 N–H and O–H groups in total. The van der Waals surface area contributed by atoms with Crippen molar-refractivity contribution in [2.24, 2.45) is 0 Å². The molecule has 0 unspecified atom stereocenters. The van der Waals surface area contributed by atoms with Gasteiger partial charge in [-0.1, -0.05) is 200 Å². The van der Waals surface area contributed by atoms with Crippen molar-refractivity contribution < 1.29 is 0 Å². The van der Waals surface area contributed by atoms with E-state index < -0.39 is 0 Å². The molecule has 3 heteroatoms. The molecule has 0 atom stereocenters. The highest BCUT2D eigenvalue weighted by Gasteiger charge is 2.45. The summed E-state index contributed by atoms with van der Waals surface area (Å²) in [6.45, 7) is 35.6. The van der Waals surface area contributed by atoms with Gasteiger partial charge in [0.05, 0.1) is 5.52 Å². The maximum atomic E-state index is 4.16. The molecule has 1 aromatic heterocycles. The number of nitrogens with zero attached hydrogens (tertiary/aromatic N) is 1. The van der Waals surface area contributed by atoms with Gasteiger partial charge in [-0.15, -0.1) is 0 Å². The Labute approximate surface area is 429 Å². The first kappa shape index (κ1) is 45.3. The molecule has 4 aliphatic rings. The van der Waals surface area contributed by atoms with Crippen LogP contribution in [0.4, 0.5) is 11.4 Å². The Hall–Kier alpha value is -6.58. The normalized spacial score (nSPS) is 16.2. The van der Waals surface area contributed by atoms with Gasteiger partial charge in [-0.25, -0.2) is 0 Å². The van der Waals surface area contributed by atoms with E-state index in [1.807, 2.05) is 0 Å². The summed E-state index contributed by atoms with van der Waals surface area (Å²) in [5, 5.41) is 6.84. The topological polar surface area (TPSA) is 17.0 Å². The zero-order chi connectivity index (χ0) is 50.6. The number of fused-ring (bicyclic) bond motifs is 15. The lowest BCUT2D eigenvalue weighted by molar-refractivity contribution is 0.584. The summed E-state index contributed by atoms with van der Waals surface area (Å²) in [6, 6.07) is 52.5. The lowest BCUT2D eigenvalue weighted by atomic mass is 9.56. The van der Waals surface area contributed by atoms with Crippen molar-refractivity contribution in [2.45, 2.75) is 136 Å².